The number of methoxy groups -OCH3 is 1. The molecule has 0 heterocycles. The van der Waals surface area contributed by atoms with Crippen molar-refractivity contribution in [2.45, 2.75) is 19.4 Å². The Morgan fingerprint density at radius 2 is 1.93 bits per heavy atom. The van der Waals surface area contributed by atoms with Crippen LogP contribution in [0.4, 0.5) is 0 Å². The van der Waals surface area contributed by atoms with E-state index in [1.807, 2.05) is 55.5 Å². The minimum Gasteiger partial charge on any atom is -0.496 e. The van der Waals surface area contributed by atoms with Gasteiger partial charge in [0.2, 0.25) is 0 Å². The first kappa shape index (κ1) is 23.7. The van der Waals surface area contributed by atoms with Crippen molar-refractivity contribution in [2.24, 2.45) is 4.99 Å². The zero-order valence-electron chi connectivity index (χ0n) is 15.6. The topological polar surface area (TPSA) is 65.9 Å². The average molecular weight is 548 g/mol. The molecule has 0 aliphatic carbocycles. The number of hydrogen-bond donors (Lipinski definition) is 3. The molecule has 7 heteroatoms. The number of rotatable bonds is 8. The van der Waals surface area contributed by atoms with Gasteiger partial charge in [0.25, 0.3) is 0 Å². The number of nitrogens with zero attached hydrogens (tertiary/aromatic N) is 1. The fraction of sp³-hybridized carbons (Fsp3) is 0.350. The second kappa shape index (κ2) is 13.0. The van der Waals surface area contributed by atoms with Gasteiger partial charge in [-0.2, -0.15) is 0 Å². The molecule has 0 saturated carbocycles. The third-order valence-electron chi connectivity index (χ3n) is 3.99. The Balaban J connectivity index is 0.00000364. The lowest BCUT2D eigenvalue weighted by Gasteiger charge is -2.18. The van der Waals surface area contributed by atoms with E-state index in [0.29, 0.717) is 13.1 Å². The molecule has 0 spiro atoms. The van der Waals surface area contributed by atoms with E-state index in [1.54, 1.807) is 7.11 Å². The van der Waals surface area contributed by atoms with Gasteiger partial charge in [-0.05, 0) is 46.1 Å². The van der Waals surface area contributed by atoms with Gasteiger partial charge in [0.05, 0.1) is 24.7 Å². The van der Waals surface area contributed by atoms with Gasteiger partial charge in [-0.3, -0.25) is 0 Å². The van der Waals surface area contributed by atoms with Crippen LogP contribution < -0.4 is 15.4 Å². The lowest BCUT2D eigenvalue weighted by molar-refractivity contribution is 0.265. The Kier molecular flexibility index (Phi) is 11.4. The zero-order valence-corrected chi connectivity index (χ0v) is 19.5. The molecule has 5 nitrogen and oxygen atoms in total. The lowest BCUT2D eigenvalue weighted by Crippen LogP contribution is -2.39. The summed E-state index contributed by atoms with van der Waals surface area (Å²) in [6.45, 7) is 4.04. The summed E-state index contributed by atoms with van der Waals surface area (Å²) in [4.78, 5) is 4.63. The van der Waals surface area contributed by atoms with Crippen molar-refractivity contribution in [2.75, 3.05) is 26.8 Å². The summed E-state index contributed by atoms with van der Waals surface area (Å²) in [5.41, 5.74) is 2.19. The van der Waals surface area contributed by atoms with E-state index in [9.17, 15) is 5.11 Å². The molecule has 27 heavy (non-hydrogen) atoms. The first-order valence-electron chi connectivity index (χ1n) is 8.68. The largest absolute Gasteiger partial charge is 0.496 e. The lowest BCUT2D eigenvalue weighted by atomic mass is 10.0. The SMILES string of the molecule is CCNC(=NCc1ccc(OC)c(Br)c1)NCC(CO)c1ccccc1.I. The molecular formula is C20H27BrIN3O2. The van der Waals surface area contributed by atoms with Crippen molar-refractivity contribution in [1.82, 2.24) is 10.6 Å². The van der Waals surface area contributed by atoms with E-state index in [4.69, 9.17) is 4.74 Å². The molecular weight excluding hydrogens is 521 g/mol. The van der Waals surface area contributed by atoms with Crippen LogP contribution in [0.5, 0.6) is 5.75 Å². The summed E-state index contributed by atoms with van der Waals surface area (Å²) in [5, 5.41) is 16.3. The quantitative estimate of drug-likeness (QED) is 0.266. The smallest absolute Gasteiger partial charge is 0.191 e. The fourth-order valence-corrected chi connectivity index (χ4v) is 3.14. The van der Waals surface area contributed by atoms with Gasteiger partial charge < -0.3 is 20.5 Å². The fourth-order valence-electron chi connectivity index (χ4n) is 2.55. The van der Waals surface area contributed by atoms with Gasteiger partial charge in [0, 0.05) is 19.0 Å². The predicted octanol–water partition coefficient (Wildman–Crippen LogP) is 3.91. The van der Waals surface area contributed by atoms with E-state index < -0.39 is 0 Å². The number of nitrogens with one attached hydrogen (secondary N) is 2. The molecule has 0 fully saturated rings. The summed E-state index contributed by atoms with van der Waals surface area (Å²) >= 11 is 3.50. The number of hydrogen-bond acceptors (Lipinski definition) is 3. The van der Waals surface area contributed by atoms with Crippen LogP contribution in [-0.4, -0.2) is 37.9 Å². The summed E-state index contributed by atoms with van der Waals surface area (Å²) in [6.07, 6.45) is 0. The van der Waals surface area contributed by atoms with E-state index in [1.165, 1.54) is 0 Å². The Labute approximate surface area is 186 Å². The van der Waals surface area contributed by atoms with Crippen LogP contribution in [0.3, 0.4) is 0 Å². The van der Waals surface area contributed by atoms with Crippen LogP contribution in [-0.2, 0) is 6.54 Å². The summed E-state index contributed by atoms with van der Waals surface area (Å²) in [6, 6.07) is 15.9. The molecule has 0 aliphatic rings. The summed E-state index contributed by atoms with van der Waals surface area (Å²) < 4.78 is 6.16. The maximum atomic E-state index is 9.69. The van der Waals surface area contributed by atoms with Gasteiger partial charge in [0.15, 0.2) is 5.96 Å². The number of aliphatic hydroxyl groups excluding tert-OH is 1. The molecule has 2 aromatic rings. The Bertz CT molecular complexity index is 714. The van der Waals surface area contributed by atoms with Gasteiger partial charge in [0.1, 0.15) is 5.75 Å². The van der Waals surface area contributed by atoms with Crippen LogP contribution >= 0.6 is 39.9 Å². The van der Waals surface area contributed by atoms with Crippen LogP contribution in [0.15, 0.2) is 58.0 Å². The molecule has 0 radical (unpaired) electrons. The second-order valence-electron chi connectivity index (χ2n) is 5.84. The van der Waals surface area contributed by atoms with Crippen molar-refractivity contribution in [3.8, 4) is 5.75 Å². The number of benzene rings is 2. The van der Waals surface area contributed by atoms with Gasteiger partial charge in [-0.25, -0.2) is 4.99 Å². The van der Waals surface area contributed by atoms with Crippen molar-refractivity contribution < 1.29 is 9.84 Å². The average Bonchev–Trinajstić information content (AvgIpc) is 2.67. The van der Waals surface area contributed by atoms with Crippen LogP contribution in [0, 0.1) is 0 Å². The normalized spacial score (nSPS) is 12.1. The Morgan fingerprint density at radius 3 is 2.52 bits per heavy atom. The minimum absolute atomic E-state index is 0. The first-order valence-corrected chi connectivity index (χ1v) is 9.47. The van der Waals surface area contributed by atoms with Crippen molar-refractivity contribution >= 4 is 45.9 Å². The Hall–Kier alpha value is -1.32. The maximum absolute atomic E-state index is 9.69. The van der Waals surface area contributed by atoms with Gasteiger partial charge in [-0.15, -0.1) is 24.0 Å². The summed E-state index contributed by atoms with van der Waals surface area (Å²) in [5.74, 6) is 1.56. The van der Waals surface area contributed by atoms with Gasteiger partial charge in [-0.1, -0.05) is 36.4 Å². The van der Waals surface area contributed by atoms with Crippen molar-refractivity contribution in [3.05, 3.63) is 64.1 Å². The summed E-state index contributed by atoms with van der Waals surface area (Å²) in [7, 11) is 1.65. The van der Waals surface area contributed by atoms with E-state index in [2.05, 4.69) is 31.6 Å². The van der Waals surface area contributed by atoms with Crippen LogP contribution in [0.25, 0.3) is 0 Å². The number of halogens is 2. The van der Waals surface area contributed by atoms with Crippen LogP contribution in [0.1, 0.15) is 24.0 Å². The first-order chi connectivity index (χ1) is 12.7. The third-order valence-corrected chi connectivity index (χ3v) is 4.61. The van der Waals surface area contributed by atoms with E-state index >= 15 is 0 Å². The highest BCUT2D eigenvalue weighted by atomic mass is 127. The highest BCUT2D eigenvalue weighted by Crippen LogP contribution is 2.25. The minimum atomic E-state index is 0. The highest BCUT2D eigenvalue weighted by molar-refractivity contribution is 14.0. The molecule has 0 saturated heterocycles. The van der Waals surface area contributed by atoms with Crippen molar-refractivity contribution in [3.63, 3.8) is 0 Å². The highest BCUT2D eigenvalue weighted by Gasteiger charge is 2.11. The van der Waals surface area contributed by atoms with Crippen LogP contribution in [0.2, 0.25) is 0 Å². The zero-order chi connectivity index (χ0) is 18.8. The molecule has 0 aliphatic heterocycles. The number of guanidine groups is 1. The third kappa shape index (κ3) is 7.67. The number of ether oxygens (including phenoxy) is 1. The Morgan fingerprint density at radius 1 is 1.19 bits per heavy atom. The predicted molar refractivity (Wildman–Crippen MR) is 125 cm³/mol. The monoisotopic (exact) mass is 547 g/mol. The molecule has 148 valence electrons. The standard InChI is InChI=1S/C20H26BrN3O2.HI/c1-3-22-20(23-12-15-9-10-19(26-2)18(21)11-15)24-13-17(14-25)16-7-5-4-6-8-16;/h4-11,17,25H,3,12-14H2,1-2H3,(H2,22,23,24);1H. The molecule has 0 aromatic heterocycles. The molecule has 1 atom stereocenters. The molecule has 1 unspecified atom stereocenters. The molecule has 3 N–H and O–H groups in total. The van der Waals surface area contributed by atoms with Crippen molar-refractivity contribution in [1.29, 1.82) is 0 Å². The van der Waals surface area contributed by atoms with E-state index in [-0.39, 0.29) is 36.5 Å². The second-order valence-corrected chi connectivity index (χ2v) is 6.69. The van der Waals surface area contributed by atoms with Gasteiger partial charge >= 0.3 is 0 Å². The van der Waals surface area contributed by atoms with E-state index in [0.717, 1.165) is 33.9 Å². The number of aliphatic hydroxyl groups is 1. The number of aliphatic imine (C=N–C) groups is 1. The molecule has 2 aromatic carbocycles. The molecule has 0 amide bonds. The maximum Gasteiger partial charge on any atom is 0.191 e. The molecule has 2 rings (SSSR count). The molecule has 0 bridgehead atoms.